The van der Waals surface area contributed by atoms with Gasteiger partial charge in [-0.3, -0.25) is 4.79 Å². The Hall–Kier alpha value is -3.56. The first-order valence-corrected chi connectivity index (χ1v) is 17.1. The van der Waals surface area contributed by atoms with Crippen LogP contribution in [-0.2, 0) is 20.4 Å². The standard InChI is InChI=1S/C39H51N3O5/c1-6-23-41-30-18-12-10-16-27(30)38(2,3)33(41)20-8-7-9-21-34-39(4,5)28-17-11-13-19-31(28)42(34)24-15-14-22-35(44)40-29-26-47-32(25-43)37(46)36(29)45/h7-13,16-21,29,32,36-37,43,45-46H,6,14-15,22-26H2,1-5H3/p+1/t29-,32+,36+,37-/m0/s1. The molecule has 0 aliphatic carbocycles. The Labute approximate surface area is 279 Å². The van der Waals surface area contributed by atoms with Crippen molar-refractivity contribution in [1.82, 2.24) is 5.32 Å². The van der Waals surface area contributed by atoms with Gasteiger partial charge in [0, 0.05) is 53.9 Å². The number of nitrogens with zero attached hydrogens (tertiary/aromatic N) is 2. The van der Waals surface area contributed by atoms with Crippen molar-refractivity contribution in [2.75, 3.05) is 31.2 Å². The summed E-state index contributed by atoms with van der Waals surface area (Å²) in [6.45, 7) is 12.8. The number of aliphatic hydroxyl groups is 3. The lowest BCUT2D eigenvalue weighted by molar-refractivity contribution is -0.437. The summed E-state index contributed by atoms with van der Waals surface area (Å²) in [5.41, 5.74) is 7.45. The molecular weight excluding hydrogens is 590 g/mol. The average Bonchev–Trinajstić information content (AvgIpc) is 3.40. The number of anilines is 1. The molecule has 0 radical (unpaired) electrons. The number of carbonyl (C=O) groups is 1. The molecule has 3 heterocycles. The quantitative estimate of drug-likeness (QED) is 0.147. The summed E-state index contributed by atoms with van der Waals surface area (Å²) in [6, 6.07) is 16.6. The van der Waals surface area contributed by atoms with Gasteiger partial charge in [-0.1, -0.05) is 75.4 Å². The molecule has 1 fully saturated rings. The summed E-state index contributed by atoms with van der Waals surface area (Å²) in [7, 11) is 0. The molecule has 47 heavy (non-hydrogen) atoms. The van der Waals surface area contributed by atoms with Crippen LogP contribution in [0.2, 0.25) is 0 Å². The first-order chi connectivity index (χ1) is 22.5. The van der Waals surface area contributed by atoms with Gasteiger partial charge in [-0.25, -0.2) is 0 Å². The molecule has 0 aromatic heterocycles. The van der Waals surface area contributed by atoms with Crippen LogP contribution in [0.1, 0.15) is 71.4 Å². The van der Waals surface area contributed by atoms with Gasteiger partial charge in [-0.05, 0) is 44.4 Å². The molecule has 1 saturated heterocycles. The Balaban J connectivity index is 1.24. The summed E-state index contributed by atoms with van der Waals surface area (Å²) >= 11 is 0. The predicted molar refractivity (Wildman–Crippen MR) is 187 cm³/mol. The molecule has 2 aromatic carbocycles. The fourth-order valence-corrected chi connectivity index (χ4v) is 7.35. The van der Waals surface area contributed by atoms with E-state index >= 15 is 0 Å². The molecule has 3 aliphatic heterocycles. The minimum absolute atomic E-state index is 0.0491. The molecule has 1 amide bonds. The highest BCUT2D eigenvalue weighted by Gasteiger charge is 2.44. The van der Waals surface area contributed by atoms with Crippen molar-refractivity contribution >= 4 is 23.0 Å². The lowest BCUT2D eigenvalue weighted by Crippen LogP contribution is -2.59. The number of hydrogen-bond acceptors (Lipinski definition) is 6. The minimum Gasteiger partial charge on any atom is -0.394 e. The fourth-order valence-electron chi connectivity index (χ4n) is 7.35. The number of ether oxygens (including phenoxy) is 1. The number of benzene rings is 2. The molecule has 0 bridgehead atoms. The molecule has 0 unspecified atom stereocenters. The van der Waals surface area contributed by atoms with Crippen LogP contribution in [0.3, 0.4) is 0 Å². The van der Waals surface area contributed by atoms with Crippen molar-refractivity contribution in [2.45, 2.75) is 95.5 Å². The van der Waals surface area contributed by atoms with Crippen LogP contribution in [0.4, 0.5) is 11.4 Å². The molecule has 3 aliphatic rings. The third kappa shape index (κ3) is 7.02. The number of nitrogens with one attached hydrogen (secondary N) is 1. The number of carbonyl (C=O) groups excluding carboxylic acids is 1. The Kier molecular flexibility index (Phi) is 10.9. The second-order valence-electron chi connectivity index (χ2n) is 13.9. The third-order valence-corrected chi connectivity index (χ3v) is 9.97. The zero-order valence-electron chi connectivity index (χ0n) is 28.5. The molecule has 4 N–H and O–H groups in total. The molecule has 8 heteroatoms. The van der Waals surface area contributed by atoms with Crippen molar-refractivity contribution in [3.63, 3.8) is 0 Å². The van der Waals surface area contributed by atoms with Crippen LogP contribution < -0.4 is 10.2 Å². The second kappa shape index (κ2) is 14.7. The highest BCUT2D eigenvalue weighted by atomic mass is 16.5. The number of aliphatic hydroxyl groups excluding tert-OH is 3. The Morgan fingerprint density at radius 1 is 0.979 bits per heavy atom. The largest absolute Gasteiger partial charge is 0.394 e. The summed E-state index contributed by atoms with van der Waals surface area (Å²) in [5, 5.41) is 32.5. The van der Waals surface area contributed by atoms with Crippen LogP contribution in [-0.4, -0.2) is 82.2 Å². The van der Waals surface area contributed by atoms with E-state index in [2.05, 4.69) is 128 Å². The first-order valence-electron chi connectivity index (χ1n) is 17.1. The van der Waals surface area contributed by atoms with Crippen LogP contribution >= 0.6 is 0 Å². The fraction of sp³-hybridized carbons (Fsp3) is 0.487. The molecule has 0 saturated carbocycles. The van der Waals surface area contributed by atoms with E-state index in [0.717, 1.165) is 25.9 Å². The van der Waals surface area contributed by atoms with E-state index in [1.54, 1.807) is 0 Å². The Morgan fingerprint density at radius 2 is 1.70 bits per heavy atom. The van der Waals surface area contributed by atoms with E-state index in [-0.39, 0.29) is 30.0 Å². The smallest absolute Gasteiger partial charge is 0.220 e. The zero-order valence-corrected chi connectivity index (χ0v) is 28.5. The molecule has 2 aromatic rings. The zero-order chi connectivity index (χ0) is 33.8. The van der Waals surface area contributed by atoms with Crippen LogP contribution in [0.5, 0.6) is 0 Å². The highest BCUT2D eigenvalue weighted by molar-refractivity contribution is 6.03. The third-order valence-electron chi connectivity index (χ3n) is 9.97. The van der Waals surface area contributed by atoms with E-state index in [9.17, 15) is 20.1 Å². The van der Waals surface area contributed by atoms with Crippen molar-refractivity contribution in [3.05, 3.63) is 95.7 Å². The molecule has 0 spiro atoms. The number of unbranched alkanes of at least 4 members (excludes halogenated alkanes) is 1. The predicted octanol–water partition coefficient (Wildman–Crippen LogP) is 5.03. The van der Waals surface area contributed by atoms with E-state index in [1.807, 2.05) is 0 Å². The van der Waals surface area contributed by atoms with E-state index in [1.165, 1.54) is 33.9 Å². The number of para-hydroxylation sites is 2. The Morgan fingerprint density at radius 3 is 2.45 bits per heavy atom. The first kappa shape index (κ1) is 34.8. The maximum absolute atomic E-state index is 12.7. The van der Waals surface area contributed by atoms with Gasteiger partial charge in [0.1, 0.15) is 24.9 Å². The summed E-state index contributed by atoms with van der Waals surface area (Å²) in [5.74, 6) is -0.191. The van der Waals surface area contributed by atoms with E-state index in [0.29, 0.717) is 12.8 Å². The van der Waals surface area contributed by atoms with Gasteiger partial charge >= 0.3 is 0 Å². The average molecular weight is 643 g/mol. The van der Waals surface area contributed by atoms with Gasteiger partial charge in [0.25, 0.3) is 0 Å². The van der Waals surface area contributed by atoms with Gasteiger partial charge in [-0.2, -0.15) is 4.58 Å². The normalized spacial score (nSPS) is 25.6. The SMILES string of the molecule is CCC[N+]1=C(C=CC=CC=C2N(CCCCC(=O)N[C@H]3CO[C@H](CO)[C@H](O)[C@@H]3O)c3ccccc3C2(C)C)C(C)(C)c2ccccc21. The number of amides is 1. The minimum atomic E-state index is -1.24. The molecule has 252 valence electrons. The molecular formula is C39H52N3O5+. The number of hydrogen-bond donors (Lipinski definition) is 4. The van der Waals surface area contributed by atoms with E-state index in [4.69, 9.17) is 4.74 Å². The summed E-state index contributed by atoms with van der Waals surface area (Å²) < 4.78 is 7.85. The van der Waals surface area contributed by atoms with Crippen LogP contribution in [0, 0.1) is 0 Å². The maximum atomic E-state index is 12.7. The number of fused-ring (bicyclic) bond motifs is 2. The summed E-state index contributed by atoms with van der Waals surface area (Å²) in [6.07, 6.45) is 10.5. The monoisotopic (exact) mass is 642 g/mol. The number of rotatable bonds is 12. The Bertz CT molecular complexity index is 1560. The van der Waals surface area contributed by atoms with Crippen molar-refractivity contribution in [1.29, 1.82) is 0 Å². The van der Waals surface area contributed by atoms with Crippen molar-refractivity contribution in [2.24, 2.45) is 0 Å². The van der Waals surface area contributed by atoms with E-state index < -0.39 is 24.4 Å². The number of allylic oxidation sites excluding steroid dienone is 6. The maximum Gasteiger partial charge on any atom is 0.220 e. The molecule has 5 rings (SSSR count). The highest BCUT2D eigenvalue weighted by Crippen LogP contribution is 2.47. The topological polar surface area (TPSA) is 105 Å². The lowest BCUT2D eigenvalue weighted by atomic mass is 9.81. The van der Waals surface area contributed by atoms with Gasteiger partial charge in [0.2, 0.25) is 11.6 Å². The second-order valence-corrected chi connectivity index (χ2v) is 13.9. The van der Waals surface area contributed by atoms with Gasteiger partial charge in [0.05, 0.1) is 24.7 Å². The van der Waals surface area contributed by atoms with Gasteiger partial charge in [-0.15, -0.1) is 0 Å². The molecule has 4 atom stereocenters. The van der Waals surface area contributed by atoms with Gasteiger partial charge in [0.15, 0.2) is 5.71 Å². The van der Waals surface area contributed by atoms with Crippen molar-refractivity contribution < 1.29 is 29.4 Å². The van der Waals surface area contributed by atoms with Crippen molar-refractivity contribution in [3.8, 4) is 0 Å². The van der Waals surface area contributed by atoms with Crippen LogP contribution in [0.25, 0.3) is 0 Å². The molecule has 8 nitrogen and oxygen atoms in total. The summed E-state index contributed by atoms with van der Waals surface area (Å²) in [4.78, 5) is 15.1. The van der Waals surface area contributed by atoms with Crippen LogP contribution in [0.15, 0.2) is 84.6 Å². The lowest BCUT2D eigenvalue weighted by Gasteiger charge is -2.37. The van der Waals surface area contributed by atoms with Gasteiger partial charge < -0.3 is 30.3 Å².